The average Bonchev–Trinajstić information content (AvgIpc) is 3.38. The van der Waals surface area contributed by atoms with Gasteiger partial charge in [-0.2, -0.15) is 0 Å². The first-order chi connectivity index (χ1) is 17.1. The van der Waals surface area contributed by atoms with E-state index < -0.39 is 0 Å². The fourth-order valence-electron chi connectivity index (χ4n) is 7.07. The molecule has 200 valence electrons. The molecule has 39 heavy (non-hydrogen) atoms. The normalized spacial score (nSPS) is 12.8. The van der Waals surface area contributed by atoms with Gasteiger partial charge in [0.05, 0.1) is 0 Å². The van der Waals surface area contributed by atoms with Crippen LogP contribution in [0.15, 0.2) is 72.8 Å². The second kappa shape index (κ2) is 11.7. The first-order valence-electron chi connectivity index (χ1n) is 13.6. The second-order valence-electron chi connectivity index (χ2n) is 12.9. The fraction of sp³-hybridized carbons (Fsp3) is 0.333. The van der Waals surface area contributed by atoms with Crippen molar-refractivity contribution in [3.63, 3.8) is 0 Å². The van der Waals surface area contributed by atoms with Crippen LogP contribution in [0.1, 0.15) is 86.1 Å². The molecule has 0 radical (unpaired) electrons. The van der Waals surface area contributed by atoms with Crippen LogP contribution in [-0.4, -0.2) is 0 Å². The van der Waals surface area contributed by atoms with Crippen LogP contribution in [0.5, 0.6) is 0 Å². The maximum absolute atomic E-state index is 2.43. The molecular weight excluding hydrogens is 595 g/mol. The monoisotopic (exact) mass is 630 g/mol. The maximum Gasteiger partial charge on any atom is 2.00 e. The zero-order chi connectivity index (χ0) is 25.2. The second-order valence-corrected chi connectivity index (χ2v) is 12.9. The Hall–Kier alpha value is -1.66. The number of hydrogen-bond donors (Lipinski definition) is 0. The molecule has 0 spiro atoms. The summed E-state index contributed by atoms with van der Waals surface area (Å²) < 4.78 is 0. The molecule has 0 amide bonds. The van der Waals surface area contributed by atoms with Crippen LogP contribution < -0.4 is 24.8 Å². The van der Waals surface area contributed by atoms with Gasteiger partial charge in [0.15, 0.2) is 0 Å². The van der Waals surface area contributed by atoms with E-state index >= 15 is 0 Å². The van der Waals surface area contributed by atoms with Crippen molar-refractivity contribution in [2.45, 2.75) is 78.1 Å². The van der Waals surface area contributed by atoms with E-state index in [2.05, 4.69) is 114 Å². The summed E-state index contributed by atoms with van der Waals surface area (Å²) >= 11 is 0. The fourth-order valence-corrected chi connectivity index (χ4v) is 7.07. The molecule has 0 saturated carbocycles. The van der Waals surface area contributed by atoms with E-state index in [0.717, 1.165) is 25.7 Å². The standard InChI is InChI=1S/C36H38.2ClH.Zr/c1-35(2,3)33-23(17-19-29-27-13-9-7-11-25(27)21-31(29)33)15-16-24-18-20-30-28-14-10-8-12-26(28)22-32(30)34(24)36(4,5)6;;;/h7-14,17-20H,15-16,21-22H2,1-6H3;2*1H;/q;;;+2/p-2. The number of aryl methyl sites for hydroxylation is 2. The summed E-state index contributed by atoms with van der Waals surface area (Å²) in [5, 5.41) is 0. The van der Waals surface area contributed by atoms with Crippen molar-refractivity contribution >= 4 is 0 Å². The number of halogens is 2. The average molecular weight is 633 g/mol. The van der Waals surface area contributed by atoms with E-state index in [4.69, 9.17) is 0 Å². The predicted octanol–water partition coefficient (Wildman–Crippen LogP) is 3.21. The molecule has 4 aromatic rings. The molecule has 6 rings (SSSR count). The zero-order valence-electron chi connectivity index (χ0n) is 24.0. The molecule has 0 N–H and O–H groups in total. The summed E-state index contributed by atoms with van der Waals surface area (Å²) in [5.74, 6) is 0. The van der Waals surface area contributed by atoms with E-state index in [0.29, 0.717) is 0 Å². The van der Waals surface area contributed by atoms with Crippen molar-refractivity contribution in [1.82, 2.24) is 0 Å². The first kappa shape index (κ1) is 31.9. The van der Waals surface area contributed by atoms with Crippen LogP contribution in [0.2, 0.25) is 0 Å². The van der Waals surface area contributed by atoms with Crippen molar-refractivity contribution < 1.29 is 51.0 Å². The summed E-state index contributed by atoms with van der Waals surface area (Å²) in [7, 11) is 0. The summed E-state index contributed by atoms with van der Waals surface area (Å²) in [6.07, 6.45) is 4.31. The van der Waals surface area contributed by atoms with Crippen molar-refractivity contribution in [3.05, 3.63) is 117 Å². The van der Waals surface area contributed by atoms with Gasteiger partial charge < -0.3 is 24.8 Å². The van der Waals surface area contributed by atoms with Crippen LogP contribution in [-0.2, 0) is 62.7 Å². The SMILES string of the molecule is CC(C)(C)c1c(CCc2ccc3c(c2C(C)(C)C)Cc2ccccc2-3)ccc2c1Cc1ccccc1-2.[Cl-].[Cl-].[Zr+2]. The number of benzene rings is 4. The molecule has 0 aromatic heterocycles. The smallest absolute Gasteiger partial charge is 1.00 e. The van der Waals surface area contributed by atoms with Gasteiger partial charge in [0.25, 0.3) is 0 Å². The Morgan fingerprint density at radius 1 is 0.487 bits per heavy atom. The molecule has 0 nitrogen and oxygen atoms in total. The summed E-state index contributed by atoms with van der Waals surface area (Å²) in [6, 6.07) is 27.6. The van der Waals surface area contributed by atoms with Crippen LogP contribution in [0.3, 0.4) is 0 Å². The van der Waals surface area contributed by atoms with E-state index in [1.807, 2.05) is 0 Å². The minimum atomic E-state index is 0. The van der Waals surface area contributed by atoms with Gasteiger partial charge in [-0.3, -0.25) is 0 Å². The molecule has 0 saturated heterocycles. The van der Waals surface area contributed by atoms with E-state index in [9.17, 15) is 0 Å². The molecule has 4 aromatic carbocycles. The van der Waals surface area contributed by atoms with Crippen LogP contribution >= 0.6 is 0 Å². The van der Waals surface area contributed by atoms with Gasteiger partial charge in [-0.05, 0) is 103 Å². The first-order valence-corrected chi connectivity index (χ1v) is 13.6. The van der Waals surface area contributed by atoms with Gasteiger partial charge >= 0.3 is 26.2 Å². The third-order valence-corrected chi connectivity index (χ3v) is 8.31. The van der Waals surface area contributed by atoms with Gasteiger partial charge in [-0.15, -0.1) is 0 Å². The number of rotatable bonds is 3. The van der Waals surface area contributed by atoms with Crippen molar-refractivity contribution in [1.29, 1.82) is 0 Å². The molecule has 0 bridgehead atoms. The third-order valence-electron chi connectivity index (χ3n) is 8.31. The Bertz CT molecular complexity index is 1390. The van der Waals surface area contributed by atoms with Crippen LogP contribution in [0.4, 0.5) is 0 Å². The Balaban J connectivity index is 0.00000140. The van der Waals surface area contributed by atoms with Gasteiger partial charge in [0, 0.05) is 0 Å². The molecule has 2 aliphatic carbocycles. The Kier molecular flexibility index (Phi) is 9.54. The zero-order valence-corrected chi connectivity index (χ0v) is 28.0. The minimum absolute atomic E-state index is 0. The quantitative estimate of drug-likeness (QED) is 0.281. The van der Waals surface area contributed by atoms with Crippen molar-refractivity contribution in [2.75, 3.05) is 0 Å². The number of hydrogen-bond acceptors (Lipinski definition) is 0. The predicted molar refractivity (Wildman–Crippen MR) is 154 cm³/mol. The molecular formula is C36H38Cl2Zr. The van der Waals surface area contributed by atoms with Crippen LogP contribution in [0, 0.1) is 0 Å². The Morgan fingerprint density at radius 3 is 1.21 bits per heavy atom. The molecule has 0 aliphatic heterocycles. The molecule has 0 unspecified atom stereocenters. The van der Waals surface area contributed by atoms with Crippen LogP contribution in [0.25, 0.3) is 22.3 Å². The van der Waals surface area contributed by atoms with Gasteiger partial charge in [0.1, 0.15) is 0 Å². The summed E-state index contributed by atoms with van der Waals surface area (Å²) in [4.78, 5) is 0. The Labute approximate surface area is 267 Å². The van der Waals surface area contributed by atoms with E-state index in [1.165, 1.54) is 44.5 Å². The maximum atomic E-state index is 2.43. The molecule has 0 heterocycles. The van der Waals surface area contributed by atoms with Gasteiger partial charge in [0.2, 0.25) is 0 Å². The van der Waals surface area contributed by atoms with Gasteiger partial charge in [-0.1, -0.05) is 114 Å². The number of fused-ring (bicyclic) bond motifs is 6. The molecule has 0 fully saturated rings. The third kappa shape index (κ3) is 5.62. The van der Waals surface area contributed by atoms with E-state index in [-0.39, 0.29) is 61.8 Å². The van der Waals surface area contributed by atoms with Crippen molar-refractivity contribution in [2.24, 2.45) is 0 Å². The summed E-state index contributed by atoms with van der Waals surface area (Å²) in [5.41, 5.74) is 18.3. The molecule has 0 atom stereocenters. The molecule has 3 heteroatoms. The summed E-state index contributed by atoms with van der Waals surface area (Å²) in [6.45, 7) is 14.3. The largest absolute Gasteiger partial charge is 2.00 e. The van der Waals surface area contributed by atoms with Crippen molar-refractivity contribution in [3.8, 4) is 22.3 Å². The van der Waals surface area contributed by atoms with E-state index in [1.54, 1.807) is 22.3 Å². The Morgan fingerprint density at radius 2 is 0.846 bits per heavy atom. The minimum Gasteiger partial charge on any atom is -1.00 e. The molecule has 2 aliphatic rings. The topological polar surface area (TPSA) is 0 Å². The van der Waals surface area contributed by atoms with Gasteiger partial charge in [-0.25, -0.2) is 0 Å².